The number of esters is 1. The van der Waals surface area contributed by atoms with Crippen LogP contribution in [0, 0.1) is 17.0 Å². The number of aromatic nitrogens is 4. The first-order valence-corrected chi connectivity index (χ1v) is 9.00. The van der Waals surface area contributed by atoms with Crippen LogP contribution in [0.5, 0.6) is 0 Å². The molecule has 4 aromatic rings. The van der Waals surface area contributed by atoms with Crippen molar-refractivity contribution >= 4 is 22.8 Å². The standard InChI is InChI=1S/C19H15N5O7/c1-9-13(14-17(29-9)20-8-23(3)18(14)25)19(26)30-10(2)15-21-22-16(31-15)11-4-6-12(7-5-11)24(27)28/h4-8,10H,1-3H3. The first kappa shape index (κ1) is 19.9. The molecule has 0 aliphatic carbocycles. The molecule has 3 heterocycles. The van der Waals surface area contributed by atoms with Gasteiger partial charge in [0.1, 0.15) is 23.0 Å². The molecule has 3 aromatic heterocycles. The lowest BCUT2D eigenvalue weighted by Crippen LogP contribution is -2.19. The summed E-state index contributed by atoms with van der Waals surface area (Å²) in [6, 6.07) is 5.56. The van der Waals surface area contributed by atoms with Gasteiger partial charge in [-0.15, -0.1) is 10.2 Å². The van der Waals surface area contributed by atoms with Gasteiger partial charge in [0, 0.05) is 24.7 Å². The van der Waals surface area contributed by atoms with Crippen molar-refractivity contribution in [3.8, 4) is 11.5 Å². The maximum absolute atomic E-state index is 12.8. The Bertz CT molecular complexity index is 1370. The molecule has 0 N–H and O–H groups in total. The summed E-state index contributed by atoms with van der Waals surface area (Å²) in [6.07, 6.45) is 0.362. The summed E-state index contributed by atoms with van der Waals surface area (Å²) in [5.74, 6) is -0.488. The number of benzene rings is 1. The second kappa shape index (κ2) is 7.48. The lowest BCUT2D eigenvalue weighted by atomic mass is 10.2. The van der Waals surface area contributed by atoms with Crippen molar-refractivity contribution in [2.45, 2.75) is 20.0 Å². The number of rotatable bonds is 5. The van der Waals surface area contributed by atoms with Crippen LogP contribution < -0.4 is 5.56 Å². The fourth-order valence-corrected chi connectivity index (χ4v) is 2.94. The second-order valence-electron chi connectivity index (χ2n) is 6.67. The fraction of sp³-hybridized carbons (Fsp3) is 0.211. The minimum absolute atomic E-state index is 0.0122. The van der Waals surface area contributed by atoms with E-state index in [1.807, 2.05) is 0 Å². The molecular formula is C19H15N5O7. The fourth-order valence-electron chi connectivity index (χ4n) is 2.94. The quantitative estimate of drug-likeness (QED) is 0.264. The van der Waals surface area contributed by atoms with E-state index in [4.69, 9.17) is 13.6 Å². The molecule has 0 radical (unpaired) electrons. The third kappa shape index (κ3) is 3.54. The molecule has 1 atom stereocenters. The van der Waals surface area contributed by atoms with Crippen molar-refractivity contribution in [3.63, 3.8) is 0 Å². The van der Waals surface area contributed by atoms with E-state index in [2.05, 4.69) is 15.2 Å². The minimum Gasteiger partial charge on any atom is -0.449 e. The van der Waals surface area contributed by atoms with Crippen molar-refractivity contribution in [2.24, 2.45) is 7.05 Å². The Hall–Kier alpha value is -4.35. The summed E-state index contributed by atoms with van der Waals surface area (Å²) in [7, 11) is 1.51. The minimum atomic E-state index is -0.934. The highest BCUT2D eigenvalue weighted by atomic mass is 16.6. The number of carbonyl (C=O) groups is 1. The molecule has 1 aromatic carbocycles. The molecule has 0 spiro atoms. The van der Waals surface area contributed by atoms with Gasteiger partial charge in [-0.1, -0.05) is 0 Å². The third-order valence-corrected chi connectivity index (χ3v) is 4.55. The predicted molar refractivity (Wildman–Crippen MR) is 104 cm³/mol. The summed E-state index contributed by atoms with van der Waals surface area (Å²) in [4.78, 5) is 39.4. The zero-order chi connectivity index (χ0) is 22.3. The van der Waals surface area contributed by atoms with Gasteiger partial charge in [0.15, 0.2) is 6.10 Å². The molecule has 1 unspecified atom stereocenters. The molecule has 31 heavy (non-hydrogen) atoms. The summed E-state index contributed by atoms with van der Waals surface area (Å²) >= 11 is 0. The van der Waals surface area contributed by atoms with Crippen molar-refractivity contribution in [1.29, 1.82) is 0 Å². The molecule has 0 saturated heterocycles. The molecule has 0 amide bonds. The zero-order valence-electron chi connectivity index (χ0n) is 16.6. The SMILES string of the molecule is Cc1oc2ncn(C)c(=O)c2c1C(=O)OC(C)c1nnc(-c2ccc([N+](=O)[O-])cc2)o1. The van der Waals surface area contributed by atoms with Gasteiger partial charge in [0.2, 0.25) is 11.6 Å². The van der Waals surface area contributed by atoms with Crippen LogP contribution in [0.1, 0.15) is 35.0 Å². The summed E-state index contributed by atoms with van der Waals surface area (Å²) in [6.45, 7) is 3.06. The smallest absolute Gasteiger partial charge is 0.343 e. The van der Waals surface area contributed by atoms with E-state index in [0.717, 1.165) is 0 Å². The molecule has 0 bridgehead atoms. The number of hydrogen-bond acceptors (Lipinski definition) is 10. The number of carbonyl (C=O) groups excluding carboxylic acids is 1. The van der Waals surface area contributed by atoms with E-state index < -0.39 is 22.6 Å². The number of ether oxygens (including phenoxy) is 1. The van der Waals surface area contributed by atoms with Gasteiger partial charge < -0.3 is 18.1 Å². The second-order valence-corrected chi connectivity index (χ2v) is 6.67. The number of non-ortho nitro benzene ring substituents is 1. The van der Waals surface area contributed by atoms with Crippen LogP contribution in [-0.2, 0) is 11.8 Å². The Morgan fingerprint density at radius 3 is 2.61 bits per heavy atom. The van der Waals surface area contributed by atoms with E-state index in [1.165, 1.54) is 56.1 Å². The van der Waals surface area contributed by atoms with Crippen LogP contribution in [0.4, 0.5) is 5.69 Å². The number of aryl methyl sites for hydroxylation is 2. The van der Waals surface area contributed by atoms with E-state index in [0.29, 0.717) is 5.56 Å². The molecule has 0 fully saturated rings. The van der Waals surface area contributed by atoms with Gasteiger partial charge in [0.05, 0.1) is 4.92 Å². The Balaban J connectivity index is 1.58. The van der Waals surface area contributed by atoms with Crippen molar-refractivity contribution in [3.05, 3.63) is 68.3 Å². The normalized spacial score (nSPS) is 12.1. The highest BCUT2D eigenvalue weighted by Gasteiger charge is 2.27. The molecular weight excluding hydrogens is 410 g/mol. The van der Waals surface area contributed by atoms with Gasteiger partial charge in [-0.2, -0.15) is 0 Å². The molecule has 0 saturated carbocycles. The highest BCUT2D eigenvalue weighted by molar-refractivity contribution is 6.03. The van der Waals surface area contributed by atoms with Gasteiger partial charge in [-0.05, 0) is 26.0 Å². The monoisotopic (exact) mass is 425 g/mol. The Morgan fingerprint density at radius 1 is 1.23 bits per heavy atom. The molecule has 4 rings (SSSR count). The van der Waals surface area contributed by atoms with Gasteiger partial charge in [0.25, 0.3) is 17.1 Å². The van der Waals surface area contributed by atoms with Gasteiger partial charge in [-0.3, -0.25) is 14.9 Å². The van der Waals surface area contributed by atoms with Crippen LogP contribution in [0.2, 0.25) is 0 Å². The lowest BCUT2D eigenvalue weighted by Gasteiger charge is -2.09. The number of hydrogen-bond donors (Lipinski definition) is 0. The molecule has 0 aliphatic rings. The topological polar surface area (TPSA) is 156 Å². The van der Waals surface area contributed by atoms with E-state index in [9.17, 15) is 19.7 Å². The van der Waals surface area contributed by atoms with Crippen molar-refractivity contribution in [1.82, 2.24) is 19.7 Å². The van der Waals surface area contributed by atoms with Gasteiger partial charge in [-0.25, -0.2) is 9.78 Å². The summed E-state index contributed by atoms with van der Waals surface area (Å²) in [5.41, 5.74) is -0.0351. The number of nitro benzene ring substituents is 1. The molecule has 12 heteroatoms. The van der Waals surface area contributed by atoms with Crippen LogP contribution in [-0.4, -0.2) is 30.6 Å². The van der Waals surface area contributed by atoms with Gasteiger partial charge >= 0.3 is 5.97 Å². The Morgan fingerprint density at radius 2 is 1.94 bits per heavy atom. The van der Waals surface area contributed by atoms with E-state index in [-0.39, 0.29) is 39.9 Å². The van der Waals surface area contributed by atoms with Crippen LogP contribution in [0.3, 0.4) is 0 Å². The zero-order valence-corrected chi connectivity index (χ0v) is 16.6. The van der Waals surface area contributed by atoms with E-state index >= 15 is 0 Å². The van der Waals surface area contributed by atoms with Crippen molar-refractivity contribution < 1.29 is 23.3 Å². The summed E-state index contributed by atoms with van der Waals surface area (Å²) < 4.78 is 17.6. The predicted octanol–water partition coefficient (Wildman–Crippen LogP) is 2.71. The highest BCUT2D eigenvalue weighted by Crippen LogP contribution is 2.27. The molecule has 158 valence electrons. The first-order chi connectivity index (χ1) is 14.8. The van der Waals surface area contributed by atoms with Crippen LogP contribution >= 0.6 is 0 Å². The van der Waals surface area contributed by atoms with Crippen LogP contribution in [0.15, 0.2) is 44.2 Å². The Labute approximate surface area is 173 Å². The maximum atomic E-state index is 12.8. The maximum Gasteiger partial charge on any atom is 0.343 e. The number of nitro groups is 1. The number of furan rings is 1. The molecule has 0 aliphatic heterocycles. The Kier molecular flexibility index (Phi) is 4.81. The number of fused-ring (bicyclic) bond motifs is 1. The third-order valence-electron chi connectivity index (χ3n) is 4.55. The average molecular weight is 425 g/mol. The average Bonchev–Trinajstić information content (AvgIpc) is 3.36. The first-order valence-electron chi connectivity index (χ1n) is 9.00. The van der Waals surface area contributed by atoms with Crippen molar-refractivity contribution in [2.75, 3.05) is 0 Å². The summed E-state index contributed by atoms with van der Waals surface area (Å²) in [5, 5.41) is 18.5. The molecule has 12 nitrogen and oxygen atoms in total. The largest absolute Gasteiger partial charge is 0.449 e. The number of nitrogens with zero attached hydrogens (tertiary/aromatic N) is 5. The van der Waals surface area contributed by atoms with Crippen LogP contribution in [0.25, 0.3) is 22.6 Å². The lowest BCUT2D eigenvalue weighted by molar-refractivity contribution is -0.384. The van der Waals surface area contributed by atoms with E-state index in [1.54, 1.807) is 0 Å².